The second kappa shape index (κ2) is 16.2. The Bertz CT molecular complexity index is 949. The van der Waals surface area contributed by atoms with Crippen LogP contribution in [0.1, 0.15) is 6.42 Å². The highest BCUT2D eigenvalue weighted by atomic mass is 19.3. The smallest absolute Gasteiger partial charge is 0.294 e. The zero-order chi connectivity index (χ0) is 33.8. The third-order valence-electron chi connectivity index (χ3n) is 8.09. The molecule has 2 aliphatic heterocycles. The van der Waals surface area contributed by atoms with E-state index in [1.807, 2.05) is 0 Å². The fourth-order valence-electron chi connectivity index (χ4n) is 5.36. The third kappa shape index (κ3) is 8.58. The van der Waals surface area contributed by atoms with E-state index in [0.717, 1.165) is 0 Å². The molecule has 21 heteroatoms. The first-order valence-corrected chi connectivity index (χ1v) is 14.3. The summed E-state index contributed by atoms with van der Waals surface area (Å²) in [7, 11) is 0. The summed E-state index contributed by atoms with van der Waals surface area (Å²) in [6.45, 7) is -2.40. The Kier molecular flexibility index (Phi) is 13.7. The van der Waals surface area contributed by atoms with E-state index in [-0.39, 0.29) is 19.7 Å². The van der Waals surface area contributed by atoms with Crippen LogP contribution < -0.4 is 27.8 Å². The largest absolute Gasteiger partial charge is 0.395 e. The number of nitrogens with one attached hydrogen (secondary N) is 2. The van der Waals surface area contributed by atoms with Crippen molar-refractivity contribution in [3.05, 3.63) is 0 Å². The number of hydrogen-bond acceptors (Lipinski definition) is 18. The van der Waals surface area contributed by atoms with Gasteiger partial charge in [0.05, 0.1) is 31.8 Å². The lowest BCUT2D eigenvalue weighted by molar-refractivity contribution is -0.333. The summed E-state index contributed by atoms with van der Waals surface area (Å²) >= 11 is 0. The van der Waals surface area contributed by atoms with Crippen molar-refractivity contribution in [3.63, 3.8) is 0 Å². The monoisotopic (exact) mass is 665 g/mol. The van der Waals surface area contributed by atoms with Gasteiger partial charge in [0.25, 0.3) is 11.8 Å². The van der Waals surface area contributed by atoms with Crippen molar-refractivity contribution in [1.29, 1.82) is 0 Å². The number of rotatable bonds is 13. The number of carbonyl (C=O) groups is 1. The van der Waals surface area contributed by atoms with Crippen LogP contribution in [0.4, 0.5) is 8.78 Å². The van der Waals surface area contributed by atoms with Gasteiger partial charge in [0.1, 0.15) is 61.0 Å². The van der Waals surface area contributed by atoms with Crippen LogP contribution in [0.5, 0.6) is 0 Å². The van der Waals surface area contributed by atoms with E-state index in [1.165, 1.54) is 0 Å². The second-order valence-electron chi connectivity index (χ2n) is 11.3. The van der Waals surface area contributed by atoms with Gasteiger partial charge in [0.2, 0.25) is 0 Å². The van der Waals surface area contributed by atoms with Crippen LogP contribution in [0.2, 0.25) is 0 Å². The first-order chi connectivity index (χ1) is 21.1. The highest BCUT2D eigenvalue weighted by Gasteiger charge is 2.53. The van der Waals surface area contributed by atoms with Crippen LogP contribution >= 0.6 is 0 Å². The predicted octanol–water partition coefficient (Wildman–Crippen LogP) is -8.56. The molecule has 3 rings (SSSR count). The van der Waals surface area contributed by atoms with E-state index in [0.29, 0.717) is 0 Å². The van der Waals surface area contributed by atoms with Gasteiger partial charge in [-0.05, 0) is 6.42 Å². The van der Waals surface area contributed by atoms with Crippen molar-refractivity contribution >= 4 is 5.91 Å². The number of ether oxygens (including phenoxy) is 4. The van der Waals surface area contributed by atoms with Gasteiger partial charge in [-0.1, -0.05) is 0 Å². The SMILES string of the molecule is NCC(F)(F)C(O)C(=O)NC1CC(N)C(OC2OC(CNCCO)C(O)C(O)C2O)C(O)C1OC1OC(CO)C(O)C(N)C1O. The molecule has 3 aliphatic rings. The minimum absolute atomic E-state index is 0.102. The number of alkyl halides is 2. The summed E-state index contributed by atoms with van der Waals surface area (Å²) in [5, 5.41) is 96.7. The molecule has 0 bridgehead atoms. The van der Waals surface area contributed by atoms with Gasteiger partial charge in [0.15, 0.2) is 18.7 Å². The maximum atomic E-state index is 14.0. The Morgan fingerprint density at radius 2 is 1.49 bits per heavy atom. The number of aliphatic hydroxyl groups excluding tert-OH is 9. The molecule has 0 aromatic carbocycles. The molecule has 0 aromatic heterocycles. The summed E-state index contributed by atoms with van der Waals surface area (Å²) in [5.41, 5.74) is 17.0. The molecule has 2 heterocycles. The van der Waals surface area contributed by atoms with Crippen LogP contribution in [0.25, 0.3) is 0 Å². The fraction of sp³-hybridized carbons (Fsp3) is 0.958. The zero-order valence-electron chi connectivity index (χ0n) is 24.0. The van der Waals surface area contributed by atoms with Crippen LogP contribution in [-0.2, 0) is 23.7 Å². The molecule has 2 saturated heterocycles. The lowest BCUT2D eigenvalue weighted by Gasteiger charge is -2.49. The van der Waals surface area contributed by atoms with Gasteiger partial charge < -0.3 is 92.7 Å². The number of hydrogen-bond donors (Lipinski definition) is 14. The lowest BCUT2D eigenvalue weighted by Crippen LogP contribution is -2.70. The molecule has 16 atom stereocenters. The number of halogens is 2. The van der Waals surface area contributed by atoms with Gasteiger partial charge in [-0.2, -0.15) is 0 Å². The second-order valence-corrected chi connectivity index (χ2v) is 11.3. The summed E-state index contributed by atoms with van der Waals surface area (Å²) in [5.74, 6) is -5.65. The van der Waals surface area contributed by atoms with E-state index in [4.69, 9.17) is 41.3 Å². The summed E-state index contributed by atoms with van der Waals surface area (Å²) in [4.78, 5) is 12.6. The van der Waals surface area contributed by atoms with E-state index in [2.05, 4.69) is 10.6 Å². The van der Waals surface area contributed by atoms with E-state index >= 15 is 0 Å². The molecule has 45 heavy (non-hydrogen) atoms. The maximum Gasteiger partial charge on any atom is 0.294 e. The van der Waals surface area contributed by atoms with Crippen LogP contribution in [-0.4, -0.2) is 188 Å². The fourth-order valence-corrected chi connectivity index (χ4v) is 5.36. The minimum atomic E-state index is -4.04. The van der Waals surface area contributed by atoms with E-state index in [1.54, 1.807) is 0 Å². The molecular formula is C24H45F2N5O14. The van der Waals surface area contributed by atoms with E-state index < -0.39 is 129 Å². The summed E-state index contributed by atoms with van der Waals surface area (Å²) in [6.07, 6.45) is -23.2. The van der Waals surface area contributed by atoms with Crippen LogP contribution in [0.15, 0.2) is 0 Å². The quantitative estimate of drug-likeness (QED) is 0.0812. The summed E-state index contributed by atoms with van der Waals surface area (Å²) in [6, 6.07) is -4.17. The average Bonchev–Trinajstić information content (AvgIpc) is 3.01. The highest BCUT2D eigenvalue weighted by molar-refractivity contribution is 5.82. The Morgan fingerprint density at radius 1 is 0.889 bits per heavy atom. The van der Waals surface area contributed by atoms with E-state index in [9.17, 15) is 54.4 Å². The van der Waals surface area contributed by atoms with Gasteiger partial charge >= 0.3 is 0 Å². The van der Waals surface area contributed by atoms with Gasteiger partial charge in [-0.25, -0.2) is 8.78 Å². The third-order valence-corrected chi connectivity index (χ3v) is 8.09. The van der Waals surface area contributed by atoms with Crippen molar-refractivity contribution in [2.75, 3.05) is 32.8 Å². The maximum absolute atomic E-state index is 14.0. The van der Waals surface area contributed by atoms with Crippen molar-refractivity contribution in [2.24, 2.45) is 17.2 Å². The van der Waals surface area contributed by atoms with Crippen molar-refractivity contribution < 1.29 is 78.5 Å². The first-order valence-electron chi connectivity index (χ1n) is 14.3. The molecule has 1 saturated carbocycles. The van der Waals surface area contributed by atoms with Gasteiger partial charge in [-0.3, -0.25) is 4.79 Å². The Labute approximate surface area is 255 Å². The standard InChI is InChI=1S/C24H45F2N5O14/c25-24(26,6-27)20(40)21(41)31-8-3-7(28)18(44-23-16(38)15(37)13(35)9(42-23)4-30-1-2-32)17(39)19(8)45-22-14(36)11(29)12(34)10(5-33)43-22/h7-20,22-23,30,32-40H,1-6,27-29H2,(H,31,41). The molecule has 19 nitrogen and oxygen atoms in total. The number of amides is 1. The summed E-state index contributed by atoms with van der Waals surface area (Å²) < 4.78 is 50.4. The number of aliphatic hydroxyl groups is 9. The molecule has 264 valence electrons. The highest BCUT2D eigenvalue weighted by Crippen LogP contribution is 2.32. The molecule has 1 aliphatic carbocycles. The van der Waals surface area contributed by atoms with Gasteiger partial charge in [0, 0.05) is 19.1 Å². The number of nitrogens with two attached hydrogens (primary N) is 3. The normalized spacial score (nSPS) is 43.6. The van der Waals surface area contributed by atoms with Crippen molar-refractivity contribution in [3.8, 4) is 0 Å². The molecular weight excluding hydrogens is 620 g/mol. The zero-order valence-corrected chi connectivity index (χ0v) is 24.0. The molecule has 17 N–H and O–H groups in total. The van der Waals surface area contributed by atoms with Crippen molar-refractivity contribution in [2.45, 2.75) is 110 Å². The Hall–Kier alpha value is -1.35. The first kappa shape index (κ1) is 38.1. The van der Waals surface area contributed by atoms with Crippen LogP contribution in [0.3, 0.4) is 0 Å². The lowest BCUT2D eigenvalue weighted by atomic mass is 9.83. The van der Waals surface area contributed by atoms with Gasteiger partial charge in [-0.15, -0.1) is 0 Å². The predicted molar refractivity (Wildman–Crippen MR) is 143 cm³/mol. The number of carbonyl (C=O) groups excluding carboxylic acids is 1. The topological polar surface area (TPSA) is 338 Å². The Balaban J connectivity index is 1.87. The molecule has 1 amide bonds. The van der Waals surface area contributed by atoms with Crippen molar-refractivity contribution in [1.82, 2.24) is 10.6 Å². The molecule has 0 radical (unpaired) electrons. The molecule has 3 fully saturated rings. The molecule has 0 spiro atoms. The van der Waals surface area contributed by atoms with Crippen LogP contribution in [0, 0.1) is 0 Å². The average molecular weight is 666 g/mol. The Morgan fingerprint density at radius 3 is 2.09 bits per heavy atom. The molecule has 0 aromatic rings. The molecule has 16 unspecified atom stereocenters. The minimum Gasteiger partial charge on any atom is -0.395 e.